The van der Waals surface area contributed by atoms with Crippen LogP contribution >= 0.6 is 23.2 Å². The van der Waals surface area contributed by atoms with E-state index in [0.717, 1.165) is 62.0 Å². The number of carbonyl (C=O) groups is 4. The maximum absolute atomic E-state index is 13.5. The number of aromatic amines is 1. The number of H-pyrrole nitrogens is 1. The number of rotatable bonds is 8. The first-order valence-electron chi connectivity index (χ1n) is 18.5. The Hall–Kier alpha value is -4.79. The van der Waals surface area contributed by atoms with E-state index in [0.29, 0.717) is 0 Å². The van der Waals surface area contributed by atoms with E-state index in [9.17, 15) is 40.8 Å². The smallest absolute Gasteiger partial charge is 0.368 e. The van der Waals surface area contributed by atoms with Crippen LogP contribution in [0.15, 0.2) is 48.5 Å². The highest BCUT2D eigenvalue weighted by atomic mass is 35.5. The van der Waals surface area contributed by atoms with Crippen LogP contribution in [0.2, 0.25) is 10.0 Å². The number of alkyl halides is 3. The molecule has 21 heteroatoms. The number of carbonyl (C=O) groups excluding carboxylic acids is 4. The third kappa shape index (κ3) is 6.86. The van der Waals surface area contributed by atoms with Gasteiger partial charge in [0.05, 0.1) is 32.9 Å². The van der Waals surface area contributed by atoms with Gasteiger partial charge in [0.15, 0.2) is 0 Å². The van der Waals surface area contributed by atoms with Crippen LogP contribution in [0.4, 0.5) is 24.5 Å². The van der Waals surface area contributed by atoms with Gasteiger partial charge in [-0.3, -0.25) is 43.9 Å². The molecule has 304 valence electrons. The minimum atomic E-state index is -4.63. The highest BCUT2D eigenvalue weighted by Crippen LogP contribution is 2.38. The van der Waals surface area contributed by atoms with Gasteiger partial charge in [0.25, 0.3) is 11.8 Å². The number of benzene rings is 3. The summed E-state index contributed by atoms with van der Waals surface area (Å²) < 4.78 is 71.2. The number of anilines is 2. The van der Waals surface area contributed by atoms with Crippen molar-refractivity contribution in [1.82, 2.24) is 34.3 Å². The van der Waals surface area contributed by atoms with Crippen molar-refractivity contribution < 1.29 is 40.8 Å². The van der Waals surface area contributed by atoms with E-state index in [1.54, 1.807) is 18.2 Å². The van der Waals surface area contributed by atoms with Crippen molar-refractivity contribution in [3.63, 3.8) is 0 Å². The van der Waals surface area contributed by atoms with E-state index in [2.05, 4.69) is 34.7 Å². The second-order valence-corrected chi connectivity index (χ2v) is 17.5. The predicted octanol–water partition coefficient (Wildman–Crippen LogP) is 3.80. The number of imidazole rings is 1. The molecule has 5 aliphatic heterocycles. The van der Waals surface area contributed by atoms with Crippen molar-refractivity contribution in [3.05, 3.63) is 75.3 Å². The van der Waals surface area contributed by atoms with Crippen LogP contribution in [-0.2, 0) is 26.0 Å². The summed E-state index contributed by atoms with van der Waals surface area (Å²) in [5.41, 5.74) is 0.819. The second kappa shape index (κ2) is 14.2. The number of hydrogen-bond donors (Lipinski definition) is 3. The van der Waals surface area contributed by atoms with Gasteiger partial charge in [0.1, 0.15) is 17.4 Å². The molecule has 0 saturated carbocycles. The molecule has 0 bridgehead atoms. The molecule has 0 radical (unpaired) electrons. The van der Waals surface area contributed by atoms with Gasteiger partial charge in [0, 0.05) is 87.1 Å². The first-order chi connectivity index (χ1) is 27.5. The number of hydrogen-bond acceptors (Lipinski definition) is 10. The van der Waals surface area contributed by atoms with Crippen LogP contribution in [0.3, 0.4) is 0 Å². The maximum Gasteiger partial charge on any atom is 0.416 e. The van der Waals surface area contributed by atoms with E-state index in [4.69, 9.17) is 23.2 Å². The molecule has 9 rings (SSSR count). The lowest BCUT2D eigenvalue weighted by Crippen LogP contribution is -2.67. The number of piperazine rings is 1. The van der Waals surface area contributed by atoms with E-state index in [-0.39, 0.29) is 87.3 Å². The van der Waals surface area contributed by atoms with Gasteiger partial charge in [-0.1, -0.05) is 23.2 Å². The van der Waals surface area contributed by atoms with Gasteiger partial charge < -0.3 is 9.88 Å². The van der Waals surface area contributed by atoms with Crippen molar-refractivity contribution in [2.75, 3.05) is 62.0 Å². The largest absolute Gasteiger partial charge is 0.416 e. The third-order valence-electron chi connectivity index (χ3n) is 11.5. The van der Waals surface area contributed by atoms with E-state index >= 15 is 0 Å². The second-order valence-electron chi connectivity index (χ2n) is 15.0. The van der Waals surface area contributed by atoms with Crippen LogP contribution in [0, 0.1) is 0 Å². The number of nitrogens with one attached hydrogen (secondary N) is 3. The van der Waals surface area contributed by atoms with Gasteiger partial charge >= 0.3 is 16.4 Å². The molecule has 1 unspecified atom stereocenters. The van der Waals surface area contributed by atoms with E-state index < -0.39 is 51.6 Å². The lowest BCUT2D eigenvalue weighted by molar-refractivity contribution is -0.138. The molecule has 1 aromatic heterocycles. The van der Waals surface area contributed by atoms with Crippen LogP contribution in [-0.4, -0.2) is 132 Å². The SMILES string of the molecule is O=C1CCC(N2C(=O)c3ccc(N4CC(N5CCN(C6CN(S(=O)(=O)Nc7ccc(Cl)cc7-c7nc8c(Cl)cc(C(F)(F)F)cc8[nH]7)C6)CC5)C4)cc3C2=O)C(=O)N1. The summed E-state index contributed by atoms with van der Waals surface area (Å²) >= 11 is 12.4. The fourth-order valence-corrected chi connectivity index (χ4v) is 9.99. The van der Waals surface area contributed by atoms with Crippen LogP contribution < -0.4 is 14.9 Å². The van der Waals surface area contributed by atoms with E-state index in [1.807, 2.05) is 0 Å². The monoisotopic (exact) mass is 859 g/mol. The number of amides is 4. The Morgan fingerprint density at radius 3 is 2.16 bits per heavy atom. The highest BCUT2D eigenvalue weighted by Gasteiger charge is 2.46. The fraction of sp³-hybridized carbons (Fsp3) is 0.378. The summed E-state index contributed by atoms with van der Waals surface area (Å²) in [6, 6.07) is 10.5. The average molecular weight is 861 g/mol. The van der Waals surface area contributed by atoms with Crippen molar-refractivity contribution in [1.29, 1.82) is 0 Å². The quantitative estimate of drug-likeness (QED) is 0.222. The number of fused-ring (bicyclic) bond motifs is 2. The zero-order chi connectivity index (χ0) is 40.8. The van der Waals surface area contributed by atoms with Crippen LogP contribution in [0.5, 0.6) is 0 Å². The Bertz CT molecular complexity index is 2520. The minimum absolute atomic E-state index is 0.0213. The zero-order valence-corrected chi connectivity index (χ0v) is 32.7. The summed E-state index contributed by atoms with van der Waals surface area (Å²) in [4.78, 5) is 65.3. The number of piperidine rings is 1. The topological polar surface area (TPSA) is 171 Å². The summed E-state index contributed by atoms with van der Waals surface area (Å²) in [6.45, 7) is 5.08. The molecule has 5 aliphatic rings. The third-order valence-corrected chi connectivity index (χ3v) is 13.5. The zero-order valence-electron chi connectivity index (χ0n) is 30.4. The van der Waals surface area contributed by atoms with Crippen molar-refractivity contribution >= 4 is 79.4 Å². The van der Waals surface area contributed by atoms with Gasteiger partial charge in [-0.2, -0.15) is 25.9 Å². The average Bonchev–Trinajstić information content (AvgIpc) is 3.67. The lowest BCUT2D eigenvalue weighted by Gasteiger charge is -2.52. The van der Waals surface area contributed by atoms with E-state index in [1.165, 1.54) is 22.5 Å². The molecule has 1 atom stereocenters. The van der Waals surface area contributed by atoms with Crippen LogP contribution in [0.1, 0.15) is 39.1 Å². The lowest BCUT2D eigenvalue weighted by atomic mass is 10.0. The molecule has 3 aromatic carbocycles. The molecule has 4 amide bonds. The van der Waals surface area contributed by atoms with Crippen molar-refractivity contribution in [3.8, 4) is 11.4 Å². The Morgan fingerprint density at radius 2 is 1.48 bits per heavy atom. The normalized spacial score (nSPS) is 21.7. The summed E-state index contributed by atoms with van der Waals surface area (Å²) in [5.74, 6) is -2.07. The fourth-order valence-electron chi connectivity index (χ4n) is 8.24. The molecule has 0 aliphatic carbocycles. The molecule has 15 nitrogen and oxygen atoms in total. The van der Waals surface area contributed by atoms with Crippen LogP contribution in [0.25, 0.3) is 22.4 Å². The molecular weight excluding hydrogens is 826 g/mol. The Balaban J connectivity index is 0.778. The predicted molar refractivity (Wildman–Crippen MR) is 207 cm³/mol. The van der Waals surface area contributed by atoms with Gasteiger partial charge in [0.2, 0.25) is 11.8 Å². The summed E-state index contributed by atoms with van der Waals surface area (Å²) in [5, 5.41) is 2.25. The summed E-state index contributed by atoms with van der Waals surface area (Å²) in [7, 11) is -4.02. The Labute approximate surface area is 339 Å². The number of imide groups is 2. The molecule has 4 saturated heterocycles. The Kier molecular flexibility index (Phi) is 9.48. The molecule has 6 heterocycles. The molecule has 4 aromatic rings. The standard InChI is InChI=1S/C37H34Cl2F3N9O6S/c38-20-1-4-28(26(13-20)33-43-29-12-19(37(40,41)42)11-27(39)32(29)45-33)46-58(56,57)50-17-23(18-50)48-9-7-47(8-10-48)22-15-49(16-22)21-2-3-24-25(14-21)36(55)51(35(24)54)30-5-6-31(52)44-34(30)53/h1-4,11-14,22-23,30,46H,5-10,15-18H2,(H,43,45)(H,44,52,53). The number of halogens is 5. The van der Waals surface area contributed by atoms with Gasteiger partial charge in [-0.05, 0) is 55.0 Å². The molecule has 0 spiro atoms. The minimum Gasteiger partial charge on any atom is -0.368 e. The summed E-state index contributed by atoms with van der Waals surface area (Å²) in [6.07, 6.45) is -4.48. The molecule has 3 N–H and O–H groups in total. The molecule has 58 heavy (non-hydrogen) atoms. The molecule has 4 fully saturated rings. The number of aromatic nitrogens is 2. The first-order valence-corrected chi connectivity index (χ1v) is 20.7. The van der Waals surface area contributed by atoms with Crippen molar-refractivity contribution in [2.45, 2.75) is 37.1 Å². The molecular formula is C37H34Cl2F3N9O6S. The van der Waals surface area contributed by atoms with Gasteiger partial charge in [-0.15, -0.1) is 0 Å². The Morgan fingerprint density at radius 1 is 0.810 bits per heavy atom. The highest BCUT2D eigenvalue weighted by molar-refractivity contribution is 7.90. The first kappa shape index (κ1) is 38.7. The van der Waals surface area contributed by atoms with Crippen molar-refractivity contribution in [2.24, 2.45) is 0 Å². The van der Waals surface area contributed by atoms with Gasteiger partial charge in [-0.25, -0.2) is 4.98 Å². The number of nitrogens with zero attached hydrogens (tertiary/aromatic N) is 6. The maximum atomic E-state index is 13.5.